The van der Waals surface area contributed by atoms with Gasteiger partial charge in [0.15, 0.2) is 0 Å². The average molecular weight is 445 g/mol. The number of nitrogens with one attached hydrogen (secondary N) is 2. The molecule has 8 heteroatoms. The minimum absolute atomic E-state index is 0.0159. The number of carbonyl (C=O) groups excluding carboxylic acids is 2. The summed E-state index contributed by atoms with van der Waals surface area (Å²) in [5, 5.41) is 14.4. The van der Waals surface area contributed by atoms with Crippen molar-refractivity contribution in [1.82, 2.24) is 10.6 Å². The summed E-state index contributed by atoms with van der Waals surface area (Å²) >= 11 is 5.89. The number of carbonyl (C=O) groups is 3. The van der Waals surface area contributed by atoms with Crippen LogP contribution in [0.4, 0.5) is 0 Å². The van der Waals surface area contributed by atoms with Gasteiger partial charge in [0.2, 0.25) is 0 Å². The number of carboxylic acids is 1. The van der Waals surface area contributed by atoms with Crippen LogP contribution >= 0.6 is 11.6 Å². The number of halogens is 1. The van der Waals surface area contributed by atoms with Crippen LogP contribution in [0.5, 0.6) is 5.75 Å². The van der Waals surface area contributed by atoms with Crippen LogP contribution in [0.25, 0.3) is 6.08 Å². The van der Waals surface area contributed by atoms with E-state index in [0.29, 0.717) is 34.4 Å². The lowest BCUT2D eigenvalue weighted by Crippen LogP contribution is -2.35. The van der Waals surface area contributed by atoms with E-state index in [0.717, 1.165) is 0 Å². The van der Waals surface area contributed by atoms with Crippen molar-refractivity contribution in [3.05, 3.63) is 70.4 Å². The van der Waals surface area contributed by atoms with E-state index >= 15 is 0 Å². The smallest absolute Gasteiger partial charge is 0.305 e. The van der Waals surface area contributed by atoms with Gasteiger partial charge in [-0.3, -0.25) is 14.4 Å². The van der Waals surface area contributed by atoms with Crippen LogP contribution in [0.3, 0.4) is 0 Å². The Labute approximate surface area is 186 Å². The Balaban J connectivity index is 2.15. The zero-order valence-electron chi connectivity index (χ0n) is 17.4. The fourth-order valence-electron chi connectivity index (χ4n) is 2.42. The minimum atomic E-state index is -1.03. The predicted molar refractivity (Wildman–Crippen MR) is 119 cm³/mol. The van der Waals surface area contributed by atoms with Gasteiger partial charge in [0.05, 0.1) is 13.0 Å². The van der Waals surface area contributed by atoms with Crippen LogP contribution in [0.15, 0.2) is 54.2 Å². The molecule has 0 aliphatic heterocycles. The molecule has 3 N–H and O–H groups in total. The molecule has 0 heterocycles. The summed E-state index contributed by atoms with van der Waals surface area (Å²) in [4.78, 5) is 35.9. The van der Waals surface area contributed by atoms with E-state index in [1.54, 1.807) is 48.5 Å². The van der Waals surface area contributed by atoms with Gasteiger partial charge in [-0.2, -0.15) is 0 Å². The molecule has 0 spiro atoms. The summed E-state index contributed by atoms with van der Waals surface area (Å²) < 4.78 is 5.61. The Morgan fingerprint density at radius 2 is 1.71 bits per heavy atom. The molecule has 0 aromatic heterocycles. The number of aliphatic carboxylic acids is 1. The molecule has 2 aromatic carbocycles. The van der Waals surface area contributed by atoms with Gasteiger partial charge in [-0.15, -0.1) is 0 Å². The molecule has 0 radical (unpaired) electrons. The van der Waals surface area contributed by atoms with E-state index in [4.69, 9.17) is 21.4 Å². The summed E-state index contributed by atoms with van der Waals surface area (Å²) in [7, 11) is 0. The summed E-state index contributed by atoms with van der Waals surface area (Å²) in [6, 6.07) is 13.3. The Bertz CT molecular complexity index is 937. The van der Waals surface area contributed by atoms with Gasteiger partial charge in [0.25, 0.3) is 11.8 Å². The fraction of sp³-hybridized carbons (Fsp3) is 0.261. The van der Waals surface area contributed by atoms with Crippen molar-refractivity contribution < 1.29 is 24.2 Å². The summed E-state index contributed by atoms with van der Waals surface area (Å²) in [5.41, 5.74) is 0.973. The van der Waals surface area contributed by atoms with Crippen molar-refractivity contribution in [2.75, 3.05) is 13.2 Å². The van der Waals surface area contributed by atoms with Crippen LogP contribution in [-0.4, -0.2) is 36.0 Å². The predicted octanol–water partition coefficient (Wildman–Crippen LogP) is 3.74. The molecule has 0 fully saturated rings. The number of rotatable bonds is 10. The SMILES string of the molecule is CC(C)COc1ccc(C(=O)N/C(=C\c2ccc(Cl)cc2)C(=O)NCCC(=O)O)cc1. The van der Waals surface area contributed by atoms with E-state index in [9.17, 15) is 14.4 Å². The maximum absolute atomic E-state index is 12.7. The fourth-order valence-corrected chi connectivity index (χ4v) is 2.55. The van der Waals surface area contributed by atoms with E-state index in [-0.39, 0.29) is 18.7 Å². The molecule has 0 saturated heterocycles. The number of carboxylic acid groups (broad SMARTS) is 1. The molecule has 7 nitrogen and oxygen atoms in total. The Kier molecular flexibility index (Phi) is 9.09. The Morgan fingerprint density at radius 3 is 2.29 bits per heavy atom. The van der Waals surface area contributed by atoms with E-state index in [2.05, 4.69) is 10.6 Å². The molecular weight excluding hydrogens is 420 g/mol. The molecule has 2 amide bonds. The van der Waals surface area contributed by atoms with Gasteiger partial charge in [0.1, 0.15) is 11.4 Å². The standard InChI is InChI=1S/C23H25ClN2O5/c1-15(2)14-31-19-9-5-17(6-10-19)22(29)26-20(23(30)25-12-11-21(27)28)13-16-3-7-18(24)8-4-16/h3-10,13,15H,11-12,14H2,1-2H3,(H,25,30)(H,26,29)(H,27,28)/b20-13-. The second-order valence-corrected chi connectivity index (χ2v) is 7.63. The molecular formula is C23H25ClN2O5. The van der Waals surface area contributed by atoms with Gasteiger partial charge in [-0.25, -0.2) is 0 Å². The Hall–Kier alpha value is -3.32. The van der Waals surface area contributed by atoms with E-state index in [1.807, 2.05) is 13.8 Å². The zero-order chi connectivity index (χ0) is 22.8. The lowest BCUT2D eigenvalue weighted by molar-refractivity contribution is -0.136. The number of benzene rings is 2. The van der Waals surface area contributed by atoms with Crippen molar-refractivity contribution >= 4 is 35.5 Å². The normalized spacial score (nSPS) is 11.2. The first kappa shape index (κ1) is 24.0. The van der Waals surface area contributed by atoms with Crippen LogP contribution in [0.1, 0.15) is 36.2 Å². The number of hydrogen-bond donors (Lipinski definition) is 3. The average Bonchev–Trinajstić information content (AvgIpc) is 2.73. The van der Waals surface area contributed by atoms with Crippen LogP contribution in [0, 0.1) is 5.92 Å². The first-order chi connectivity index (χ1) is 14.7. The zero-order valence-corrected chi connectivity index (χ0v) is 18.1. The molecule has 31 heavy (non-hydrogen) atoms. The highest BCUT2D eigenvalue weighted by atomic mass is 35.5. The lowest BCUT2D eigenvalue weighted by Gasteiger charge is -2.12. The van der Waals surface area contributed by atoms with Crippen molar-refractivity contribution in [1.29, 1.82) is 0 Å². The largest absolute Gasteiger partial charge is 0.493 e. The molecule has 0 saturated carbocycles. The quantitative estimate of drug-likeness (QED) is 0.484. The van der Waals surface area contributed by atoms with Gasteiger partial charge in [0, 0.05) is 17.1 Å². The molecule has 0 aliphatic rings. The minimum Gasteiger partial charge on any atom is -0.493 e. The maximum atomic E-state index is 12.7. The first-order valence-electron chi connectivity index (χ1n) is 9.76. The topological polar surface area (TPSA) is 105 Å². The molecule has 0 atom stereocenters. The van der Waals surface area contributed by atoms with Crippen molar-refractivity contribution in [3.8, 4) is 5.75 Å². The third kappa shape index (κ3) is 8.52. The van der Waals surface area contributed by atoms with Gasteiger partial charge in [-0.05, 0) is 54.0 Å². The molecule has 2 aromatic rings. The van der Waals surface area contributed by atoms with E-state index in [1.165, 1.54) is 6.08 Å². The van der Waals surface area contributed by atoms with Gasteiger partial charge < -0.3 is 20.5 Å². The molecule has 164 valence electrons. The molecule has 0 aliphatic carbocycles. The molecule has 0 unspecified atom stereocenters. The van der Waals surface area contributed by atoms with Crippen LogP contribution in [0.2, 0.25) is 5.02 Å². The molecule has 2 rings (SSSR count). The number of ether oxygens (including phenoxy) is 1. The number of amides is 2. The van der Waals surface area contributed by atoms with E-state index < -0.39 is 17.8 Å². The van der Waals surface area contributed by atoms with Crippen molar-refractivity contribution in [2.24, 2.45) is 5.92 Å². The third-order valence-electron chi connectivity index (χ3n) is 4.00. The highest BCUT2D eigenvalue weighted by Crippen LogP contribution is 2.15. The Morgan fingerprint density at radius 1 is 1.06 bits per heavy atom. The molecule has 0 bridgehead atoms. The number of hydrogen-bond acceptors (Lipinski definition) is 4. The monoisotopic (exact) mass is 444 g/mol. The second-order valence-electron chi connectivity index (χ2n) is 7.19. The van der Waals surface area contributed by atoms with Gasteiger partial charge >= 0.3 is 5.97 Å². The highest BCUT2D eigenvalue weighted by Gasteiger charge is 2.15. The first-order valence-corrected chi connectivity index (χ1v) is 10.1. The second kappa shape index (κ2) is 11.8. The van der Waals surface area contributed by atoms with Crippen molar-refractivity contribution in [3.63, 3.8) is 0 Å². The van der Waals surface area contributed by atoms with Crippen LogP contribution < -0.4 is 15.4 Å². The maximum Gasteiger partial charge on any atom is 0.305 e. The van der Waals surface area contributed by atoms with Crippen molar-refractivity contribution in [2.45, 2.75) is 20.3 Å². The third-order valence-corrected chi connectivity index (χ3v) is 4.25. The lowest BCUT2D eigenvalue weighted by atomic mass is 10.1. The highest BCUT2D eigenvalue weighted by molar-refractivity contribution is 6.30. The summed E-state index contributed by atoms with van der Waals surface area (Å²) in [6.07, 6.45) is 1.26. The van der Waals surface area contributed by atoms with Crippen LogP contribution in [-0.2, 0) is 9.59 Å². The van der Waals surface area contributed by atoms with Gasteiger partial charge in [-0.1, -0.05) is 37.6 Å². The summed E-state index contributed by atoms with van der Waals surface area (Å²) in [6.45, 7) is 4.58. The summed E-state index contributed by atoms with van der Waals surface area (Å²) in [5.74, 6) is -1.09.